The van der Waals surface area contributed by atoms with Crippen LogP contribution >= 0.6 is 0 Å². The number of fused-ring (bicyclic) bond motifs is 4. The number of urea groups is 1. The Morgan fingerprint density at radius 1 is 1.19 bits per heavy atom. The molecule has 4 rings (SSSR count). The van der Waals surface area contributed by atoms with E-state index in [0.717, 1.165) is 43.4 Å². The predicted molar refractivity (Wildman–Crippen MR) is 78.7 cm³/mol. The highest BCUT2D eigenvalue weighted by atomic mass is 16.2. The van der Waals surface area contributed by atoms with Crippen LogP contribution in [0.2, 0.25) is 0 Å². The molecule has 112 valence electrons. The summed E-state index contributed by atoms with van der Waals surface area (Å²) in [5, 5.41) is 3.27. The van der Waals surface area contributed by atoms with Crippen LogP contribution in [0.25, 0.3) is 0 Å². The highest BCUT2D eigenvalue weighted by molar-refractivity contribution is 5.76. The second kappa shape index (κ2) is 5.28. The molecule has 2 atom stereocenters. The maximum absolute atomic E-state index is 12.7. The molecule has 1 N–H and O–H groups in total. The van der Waals surface area contributed by atoms with Crippen LogP contribution in [0, 0.1) is 0 Å². The van der Waals surface area contributed by atoms with Gasteiger partial charge in [-0.3, -0.25) is 0 Å². The van der Waals surface area contributed by atoms with Crippen molar-refractivity contribution >= 4 is 6.03 Å². The molecule has 2 unspecified atom stereocenters. The van der Waals surface area contributed by atoms with Gasteiger partial charge in [0.25, 0.3) is 0 Å². The van der Waals surface area contributed by atoms with Crippen molar-refractivity contribution in [2.75, 3.05) is 0 Å². The van der Waals surface area contributed by atoms with Crippen LogP contribution in [-0.4, -0.2) is 33.0 Å². The maximum atomic E-state index is 12.7. The summed E-state index contributed by atoms with van der Waals surface area (Å²) in [5.74, 6) is 0. The Kier molecular flexibility index (Phi) is 3.28. The third kappa shape index (κ3) is 2.28. The molecule has 2 bridgehead atoms. The van der Waals surface area contributed by atoms with Crippen molar-refractivity contribution in [1.82, 2.24) is 20.2 Å². The zero-order valence-corrected chi connectivity index (χ0v) is 12.3. The monoisotopic (exact) mass is 286 g/mol. The Labute approximate surface area is 125 Å². The Bertz CT molecular complexity index is 541. The van der Waals surface area contributed by atoms with Crippen LogP contribution in [0.5, 0.6) is 0 Å². The molecular weight excluding hydrogens is 264 g/mol. The summed E-state index contributed by atoms with van der Waals surface area (Å²) < 4.78 is 0. The molecule has 2 amide bonds. The van der Waals surface area contributed by atoms with Crippen LogP contribution in [-0.2, 0) is 6.42 Å². The highest BCUT2D eigenvalue weighted by Crippen LogP contribution is 2.42. The fourth-order valence-electron chi connectivity index (χ4n) is 4.23. The topological polar surface area (TPSA) is 58.1 Å². The smallest absolute Gasteiger partial charge is 0.318 e. The van der Waals surface area contributed by atoms with Crippen LogP contribution in [0.1, 0.15) is 62.2 Å². The molecule has 1 saturated carbocycles. The van der Waals surface area contributed by atoms with Gasteiger partial charge in [0.05, 0.1) is 11.7 Å². The van der Waals surface area contributed by atoms with E-state index in [0.29, 0.717) is 12.1 Å². The largest absolute Gasteiger partial charge is 0.335 e. The van der Waals surface area contributed by atoms with E-state index in [4.69, 9.17) is 0 Å². The van der Waals surface area contributed by atoms with Gasteiger partial charge in [0.15, 0.2) is 0 Å². The molecule has 2 aliphatic heterocycles. The Balaban J connectivity index is 1.52. The van der Waals surface area contributed by atoms with Crippen LogP contribution in [0.15, 0.2) is 12.5 Å². The van der Waals surface area contributed by atoms with Crippen LogP contribution in [0.4, 0.5) is 4.79 Å². The molecule has 1 aromatic rings. The molecule has 3 aliphatic rings. The van der Waals surface area contributed by atoms with E-state index in [1.165, 1.54) is 19.3 Å². The first kappa shape index (κ1) is 13.0. The number of carbonyl (C=O) groups is 1. The molecule has 0 spiro atoms. The zero-order chi connectivity index (χ0) is 14.2. The average molecular weight is 286 g/mol. The fourth-order valence-corrected chi connectivity index (χ4v) is 4.23. The molecule has 3 heterocycles. The Morgan fingerprint density at radius 3 is 2.90 bits per heavy atom. The second-order valence-electron chi connectivity index (χ2n) is 6.57. The lowest BCUT2D eigenvalue weighted by Crippen LogP contribution is -2.50. The number of nitrogens with zero attached hydrogens (tertiary/aromatic N) is 3. The normalized spacial score (nSPS) is 28.3. The summed E-state index contributed by atoms with van der Waals surface area (Å²) in [7, 11) is 0. The minimum atomic E-state index is 0.129. The van der Waals surface area contributed by atoms with E-state index < -0.39 is 0 Å². The van der Waals surface area contributed by atoms with E-state index in [2.05, 4.69) is 20.2 Å². The van der Waals surface area contributed by atoms with Crippen molar-refractivity contribution in [3.63, 3.8) is 0 Å². The van der Waals surface area contributed by atoms with Gasteiger partial charge in [-0.05, 0) is 25.7 Å². The zero-order valence-electron chi connectivity index (χ0n) is 12.3. The number of rotatable bonds is 1. The van der Waals surface area contributed by atoms with Gasteiger partial charge in [-0.1, -0.05) is 19.3 Å². The molecular formula is C16H22N4O. The third-order valence-electron chi connectivity index (χ3n) is 5.28. The lowest BCUT2D eigenvalue weighted by atomic mass is 9.95. The van der Waals surface area contributed by atoms with Gasteiger partial charge >= 0.3 is 6.03 Å². The first-order chi connectivity index (χ1) is 10.3. The minimum Gasteiger partial charge on any atom is -0.335 e. The maximum Gasteiger partial charge on any atom is 0.318 e. The molecule has 1 aliphatic carbocycles. The summed E-state index contributed by atoms with van der Waals surface area (Å²) in [6, 6.07) is 1.01. The van der Waals surface area contributed by atoms with Gasteiger partial charge < -0.3 is 10.2 Å². The van der Waals surface area contributed by atoms with Gasteiger partial charge in [0.1, 0.15) is 6.33 Å². The van der Waals surface area contributed by atoms with Crippen molar-refractivity contribution in [2.24, 2.45) is 0 Å². The standard InChI is InChI=1S/C16H22N4O/c21-16(19-11-4-2-1-3-5-11)20-12-6-7-15(20)13-9-17-10-18-14(13)8-12/h9-12,15H,1-8H2,(H,19,21). The molecule has 2 fully saturated rings. The van der Waals surface area contributed by atoms with Crippen molar-refractivity contribution in [2.45, 2.75) is 69.5 Å². The highest BCUT2D eigenvalue weighted by Gasteiger charge is 2.43. The minimum absolute atomic E-state index is 0.129. The summed E-state index contributed by atoms with van der Waals surface area (Å²) in [6.45, 7) is 0. The number of aromatic nitrogens is 2. The van der Waals surface area contributed by atoms with E-state index in [9.17, 15) is 4.79 Å². The van der Waals surface area contributed by atoms with E-state index >= 15 is 0 Å². The summed E-state index contributed by atoms with van der Waals surface area (Å²) in [5.41, 5.74) is 2.30. The van der Waals surface area contributed by atoms with Gasteiger partial charge in [0, 0.05) is 30.3 Å². The number of carbonyl (C=O) groups excluding carboxylic acids is 1. The molecule has 1 saturated heterocycles. The number of hydrogen-bond donors (Lipinski definition) is 1. The first-order valence-corrected chi connectivity index (χ1v) is 8.20. The molecule has 5 nitrogen and oxygen atoms in total. The van der Waals surface area contributed by atoms with Gasteiger partial charge in [-0.25, -0.2) is 14.8 Å². The predicted octanol–water partition coefficient (Wildman–Crippen LogP) is 2.58. The number of hydrogen-bond acceptors (Lipinski definition) is 3. The molecule has 21 heavy (non-hydrogen) atoms. The average Bonchev–Trinajstić information content (AvgIpc) is 2.84. The van der Waals surface area contributed by atoms with Gasteiger partial charge in [0.2, 0.25) is 0 Å². The molecule has 0 aromatic carbocycles. The van der Waals surface area contributed by atoms with Crippen LogP contribution in [0.3, 0.4) is 0 Å². The molecule has 1 aromatic heterocycles. The van der Waals surface area contributed by atoms with E-state index in [-0.39, 0.29) is 12.1 Å². The first-order valence-electron chi connectivity index (χ1n) is 8.20. The molecule has 5 heteroatoms. The van der Waals surface area contributed by atoms with Crippen molar-refractivity contribution in [3.8, 4) is 0 Å². The quantitative estimate of drug-likeness (QED) is 0.863. The van der Waals surface area contributed by atoms with Gasteiger partial charge in [-0.2, -0.15) is 0 Å². The van der Waals surface area contributed by atoms with E-state index in [1.807, 2.05) is 6.20 Å². The lowest BCUT2D eigenvalue weighted by molar-refractivity contribution is 0.158. The summed E-state index contributed by atoms with van der Waals surface area (Å²) in [6.07, 6.45) is 12.6. The van der Waals surface area contributed by atoms with Crippen LogP contribution < -0.4 is 5.32 Å². The Morgan fingerprint density at radius 2 is 2.05 bits per heavy atom. The molecule has 0 radical (unpaired) electrons. The van der Waals surface area contributed by atoms with Crippen molar-refractivity contribution in [3.05, 3.63) is 23.8 Å². The third-order valence-corrected chi connectivity index (χ3v) is 5.28. The van der Waals surface area contributed by atoms with Crippen molar-refractivity contribution < 1.29 is 4.79 Å². The Hall–Kier alpha value is -1.65. The number of nitrogens with one attached hydrogen (secondary N) is 1. The second-order valence-corrected chi connectivity index (χ2v) is 6.57. The van der Waals surface area contributed by atoms with Gasteiger partial charge in [-0.15, -0.1) is 0 Å². The van der Waals surface area contributed by atoms with Crippen molar-refractivity contribution in [1.29, 1.82) is 0 Å². The van der Waals surface area contributed by atoms with E-state index in [1.54, 1.807) is 6.33 Å². The summed E-state index contributed by atoms with van der Waals surface area (Å²) >= 11 is 0. The number of amides is 2. The SMILES string of the molecule is O=C(NC1CCCCC1)N1C2CCC1c1cncnc1C2. The fraction of sp³-hybridized carbons (Fsp3) is 0.688. The summed E-state index contributed by atoms with van der Waals surface area (Å²) in [4.78, 5) is 23.3. The lowest BCUT2D eigenvalue weighted by Gasteiger charge is -2.37.